The molecule has 0 radical (unpaired) electrons. The minimum Gasteiger partial charge on any atom is -0.348 e. The van der Waals surface area contributed by atoms with E-state index in [9.17, 15) is 4.79 Å². The van der Waals surface area contributed by atoms with Crippen molar-refractivity contribution in [1.29, 1.82) is 0 Å². The number of nitrogens with zero attached hydrogens (tertiary/aromatic N) is 2. The number of aromatic nitrogens is 1. The Morgan fingerprint density at radius 1 is 1.76 bits per heavy atom. The summed E-state index contributed by atoms with van der Waals surface area (Å²) < 4.78 is 0. The summed E-state index contributed by atoms with van der Waals surface area (Å²) >= 11 is 1.55. The number of thiazole rings is 1. The van der Waals surface area contributed by atoms with Gasteiger partial charge in [0, 0.05) is 11.6 Å². The maximum atomic E-state index is 12.0. The van der Waals surface area contributed by atoms with Crippen molar-refractivity contribution < 1.29 is 4.79 Å². The SMILES string of the molecule is C#CCN1CCC[C@H]1C(=O)NCc1nccs1. The fraction of sp³-hybridized carbons (Fsp3) is 0.500. The Hall–Kier alpha value is -1.38. The first-order valence-corrected chi connectivity index (χ1v) is 6.53. The molecular formula is C12H15N3OS. The van der Waals surface area contributed by atoms with Gasteiger partial charge >= 0.3 is 0 Å². The molecule has 1 fully saturated rings. The Kier molecular flexibility index (Phi) is 4.13. The molecule has 1 saturated heterocycles. The van der Waals surface area contributed by atoms with Gasteiger partial charge in [0.25, 0.3) is 0 Å². The van der Waals surface area contributed by atoms with Crippen LogP contribution in [-0.4, -0.2) is 34.9 Å². The van der Waals surface area contributed by atoms with Gasteiger partial charge in [0.1, 0.15) is 5.01 Å². The first kappa shape index (κ1) is 12.1. The largest absolute Gasteiger partial charge is 0.348 e. The molecule has 0 aromatic carbocycles. The standard InChI is InChI=1S/C12H15N3OS/c1-2-6-15-7-3-4-10(15)12(16)14-9-11-13-5-8-17-11/h1,5,8,10H,3-4,6-7,9H2,(H,14,16)/t10-/m0/s1. The van der Waals surface area contributed by atoms with Crippen LogP contribution in [0.4, 0.5) is 0 Å². The molecule has 1 atom stereocenters. The minimum atomic E-state index is -0.0639. The highest BCUT2D eigenvalue weighted by molar-refractivity contribution is 7.09. The normalized spacial score (nSPS) is 20.1. The van der Waals surface area contributed by atoms with Crippen molar-refractivity contribution >= 4 is 17.2 Å². The number of rotatable bonds is 4. The lowest BCUT2D eigenvalue weighted by Gasteiger charge is -2.20. The van der Waals surface area contributed by atoms with Crippen LogP contribution in [0.15, 0.2) is 11.6 Å². The smallest absolute Gasteiger partial charge is 0.237 e. The Balaban J connectivity index is 1.85. The van der Waals surface area contributed by atoms with Crippen LogP contribution in [0, 0.1) is 12.3 Å². The molecule has 1 amide bonds. The molecule has 0 saturated carbocycles. The quantitative estimate of drug-likeness (QED) is 0.805. The third-order valence-electron chi connectivity index (χ3n) is 2.86. The fourth-order valence-corrected chi connectivity index (χ4v) is 2.61. The fourth-order valence-electron chi connectivity index (χ4n) is 2.05. The summed E-state index contributed by atoms with van der Waals surface area (Å²) in [5, 5.41) is 5.75. The van der Waals surface area contributed by atoms with Gasteiger partial charge in [-0.3, -0.25) is 9.69 Å². The van der Waals surface area contributed by atoms with E-state index in [1.165, 1.54) is 0 Å². The Labute approximate surface area is 105 Å². The van der Waals surface area contributed by atoms with E-state index in [4.69, 9.17) is 6.42 Å². The van der Waals surface area contributed by atoms with Crippen LogP contribution in [0.5, 0.6) is 0 Å². The first-order valence-electron chi connectivity index (χ1n) is 5.65. The van der Waals surface area contributed by atoms with E-state index >= 15 is 0 Å². The molecule has 5 heteroatoms. The van der Waals surface area contributed by atoms with Crippen molar-refractivity contribution in [2.24, 2.45) is 0 Å². The Bertz CT molecular complexity index is 410. The predicted octanol–water partition coefficient (Wildman–Crippen LogP) is 0.857. The van der Waals surface area contributed by atoms with Crippen molar-refractivity contribution in [3.63, 3.8) is 0 Å². The molecule has 1 N–H and O–H groups in total. The molecular weight excluding hydrogens is 234 g/mol. The van der Waals surface area contributed by atoms with Gasteiger partial charge in [0.05, 0.1) is 19.1 Å². The zero-order valence-electron chi connectivity index (χ0n) is 9.56. The van der Waals surface area contributed by atoms with E-state index in [1.807, 2.05) is 5.38 Å². The summed E-state index contributed by atoms with van der Waals surface area (Å²) in [6.07, 6.45) is 8.97. The molecule has 90 valence electrons. The lowest BCUT2D eigenvalue weighted by Crippen LogP contribution is -2.43. The molecule has 2 rings (SSSR count). The lowest BCUT2D eigenvalue weighted by atomic mass is 10.2. The third kappa shape index (κ3) is 3.05. The van der Waals surface area contributed by atoms with E-state index in [0.29, 0.717) is 13.1 Å². The van der Waals surface area contributed by atoms with E-state index in [2.05, 4.69) is 21.1 Å². The topological polar surface area (TPSA) is 45.2 Å². The summed E-state index contributed by atoms with van der Waals surface area (Å²) in [5.41, 5.74) is 0. The van der Waals surface area contributed by atoms with Crippen molar-refractivity contribution in [1.82, 2.24) is 15.2 Å². The second-order valence-corrected chi connectivity index (χ2v) is 4.96. The number of likely N-dealkylation sites (tertiary alicyclic amines) is 1. The predicted molar refractivity (Wildman–Crippen MR) is 67.4 cm³/mol. The highest BCUT2D eigenvalue weighted by Crippen LogP contribution is 2.16. The van der Waals surface area contributed by atoms with Crippen LogP contribution in [0.1, 0.15) is 17.8 Å². The van der Waals surface area contributed by atoms with Gasteiger partial charge in [-0.1, -0.05) is 5.92 Å². The average Bonchev–Trinajstić information content (AvgIpc) is 2.97. The van der Waals surface area contributed by atoms with Gasteiger partial charge in [0.15, 0.2) is 0 Å². The van der Waals surface area contributed by atoms with Gasteiger partial charge in [-0.25, -0.2) is 4.98 Å². The number of nitrogens with one attached hydrogen (secondary N) is 1. The lowest BCUT2D eigenvalue weighted by molar-refractivity contribution is -0.125. The minimum absolute atomic E-state index is 0.0629. The van der Waals surface area contributed by atoms with Crippen molar-refractivity contribution in [2.75, 3.05) is 13.1 Å². The number of carbonyl (C=O) groups excluding carboxylic acids is 1. The van der Waals surface area contributed by atoms with Gasteiger partial charge in [-0.15, -0.1) is 17.8 Å². The van der Waals surface area contributed by atoms with Gasteiger partial charge in [-0.05, 0) is 19.4 Å². The number of terminal acetylenes is 1. The van der Waals surface area contributed by atoms with Crippen LogP contribution in [0.3, 0.4) is 0 Å². The molecule has 17 heavy (non-hydrogen) atoms. The number of amides is 1. The zero-order chi connectivity index (χ0) is 12.1. The summed E-state index contributed by atoms with van der Waals surface area (Å²) in [6, 6.07) is -0.0639. The van der Waals surface area contributed by atoms with Gasteiger partial charge in [-0.2, -0.15) is 0 Å². The average molecular weight is 249 g/mol. The zero-order valence-corrected chi connectivity index (χ0v) is 10.4. The summed E-state index contributed by atoms with van der Waals surface area (Å²) in [4.78, 5) is 18.2. The first-order chi connectivity index (χ1) is 8.31. The van der Waals surface area contributed by atoms with E-state index in [0.717, 1.165) is 24.4 Å². The highest BCUT2D eigenvalue weighted by Gasteiger charge is 2.29. The Morgan fingerprint density at radius 3 is 3.35 bits per heavy atom. The molecule has 1 aliphatic heterocycles. The maximum absolute atomic E-state index is 12.0. The van der Waals surface area contributed by atoms with Crippen LogP contribution in [-0.2, 0) is 11.3 Å². The monoisotopic (exact) mass is 249 g/mol. The van der Waals surface area contributed by atoms with Crippen LogP contribution < -0.4 is 5.32 Å². The molecule has 0 spiro atoms. The summed E-state index contributed by atoms with van der Waals surface area (Å²) in [5.74, 6) is 2.66. The molecule has 2 heterocycles. The molecule has 0 unspecified atom stereocenters. The Morgan fingerprint density at radius 2 is 2.65 bits per heavy atom. The summed E-state index contributed by atoms with van der Waals surface area (Å²) in [7, 11) is 0. The number of hydrogen-bond donors (Lipinski definition) is 1. The van der Waals surface area contributed by atoms with Crippen molar-refractivity contribution in [2.45, 2.75) is 25.4 Å². The molecule has 1 aromatic rings. The van der Waals surface area contributed by atoms with Gasteiger partial charge < -0.3 is 5.32 Å². The van der Waals surface area contributed by atoms with E-state index < -0.39 is 0 Å². The number of carbonyl (C=O) groups is 1. The maximum Gasteiger partial charge on any atom is 0.237 e. The highest BCUT2D eigenvalue weighted by atomic mass is 32.1. The molecule has 0 bridgehead atoms. The van der Waals surface area contributed by atoms with E-state index in [-0.39, 0.29) is 11.9 Å². The third-order valence-corrected chi connectivity index (χ3v) is 3.64. The van der Waals surface area contributed by atoms with Crippen LogP contribution >= 0.6 is 11.3 Å². The molecule has 1 aliphatic rings. The van der Waals surface area contributed by atoms with Gasteiger partial charge in [0.2, 0.25) is 5.91 Å². The number of hydrogen-bond acceptors (Lipinski definition) is 4. The second kappa shape index (κ2) is 5.80. The van der Waals surface area contributed by atoms with Crippen molar-refractivity contribution in [3.8, 4) is 12.3 Å². The van der Waals surface area contributed by atoms with Crippen molar-refractivity contribution in [3.05, 3.63) is 16.6 Å². The van der Waals surface area contributed by atoms with Crippen LogP contribution in [0.25, 0.3) is 0 Å². The molecule has 1 aromatic heterocycles. The molecule has 0 aliphatic carbocycles. The molecule has 4 nitrogen and oxygen atoms in total. The second-order valence-electron chi connectivity index (χ2n) is 3.98. The summed E-state index contributed by atoms with van der Waals surface area (Å²) in [6.45, 7) is 1.98. The van der Waals surface area contributed by atoms with Crippen LogP contribution in [0.2, 0.25) is 0 Å². The van der Waals surface area contributed by atoms with E-state index in [1.54, 1.807) is 17.5 Å².